The smallest absolute Gasteiger partial charge is 0.242 e. The van der Waals surface area contributed by atoms with Gasteiger partial charge in [0.1, 0.15) is 78.8 Å². The summed E-state index contributed by atoms with van der Waals surface area (Å²) in [5.74, 6) is -4.82. The van der Waals surface area contributed by atoms with Gasteiger partial charge in [0.25, 0.3) is 0 Å². The van der Waals surface area contributed by atoms with Crippen LogP contribution >= 0.6 is 0 Å². The van der Waals surface area contributed by atoms with Gasteiger partial charge in [-0.15, -0.1) is 0 Å². The first-order chi connectivity index (χ1) is 44.9. The van der Waals surface area contributed by atoms with E-state index in [0.29, 0.717) is 82.6 Å². The molecular weight excluding hydrogens is 1240 g/mol. The van der Waals surface area contributed by atoms with Crippen LogP contribution in [0.1, 0.15) is 121 Å². The van der Waals surface area contributed by atoms with Gasteiger partial charge in [-0.25, -0.2) is 0 Å². The average Bonchev–Trinajstić information content (AvgIpc) is 2.21. The van der Waals surface area contributed by atoms with Crippen molar-refractivity contribution in [1.82, 2.24) is 31.9 Å². The summed E-state index contributed by atoms with van der Waals surface area (Å²) in [4.78, 5) is 93.9. The fourth-order valence-corrected chi connectivity index (χ4v) is 10.5. The highest BCUT2D eigenvalue weighted by atomic mass is 16.7. The number of hydrogen-bond acceptors (Lipinski definition) is 27. The van der Waals surface area contributed by atoms with E-state index < -0.39 is 190 Å². The maximum atomic E-state index is 13.9. The number of aliphatic hydroxyl groups is 9. The lowest BCUT2D eigenvalue weighted by Gasteiger charge is -2.40. The lowest BCUT2D eigenvalue weighted by atomic mass is 9.98. The van der Waals surface area contributed by atoms with Crippen LogP contribution in [0, 0.1) is 0 Å². The molecule has 3 heterocycles. The summed E-state index contributed by atoms with van der Waals surface area (Å²) in [7, 11) is 0. The van der Waals surface area contributed by atoms with Crippen molar-refractivity contribution < 1.29 is 113 Å². The monoisotopic (exact) mass is 1350 g/mol. The van der Waals surface area contributed by atoms with Crippen LogP contribution in [0.3, 0.4) is 0 Å². The van der Waals surface area contributed by atoms with Crippen LogP contribution in [0.4, 0.5) is 0 Å². The second-order valence-electron chi connectivity index (χ2n) is 23.9. The highest BCUT2D eigenvalue weighted by Gasteiger charge is 2.45. The minimum absolute atomic E-state index is 0.000869. The van der Waals surface area contributed by atoms with E-state index >= 15 is 0 Å². The van der Waals surface area contributed by atoms with Gasteiger partial charge in [-0.05, 0) is 81.9 Å². The summed E-state index contributed by atoms with van der Waals surface area (Å²) in [6, 6.07) is -2.16. The zero-order valence-electron chi connectivity index (χ0n) is 53.2. The number of aromatic hydroxyl groups is 1. The Bertz CT molecular complexity index is 2410. The number of hydrogen-bond donors (Lipinski definition) is 21. The van der Waals surface area contributed by atoms with Crippen molar-refractivity contribution in [3.63, 3.8) is 0 Å². The molecule has 0 radical (unpaired) electrons. The second-order valence-corrected chi connectivity index (χ2v) is 23.9. The third-order valence-corrected chi connectivity index (χ3v) is 16.4. The Kier molecular flexibility index (Phi) is 37.6. The van der Waals surface area contributed by atoms with Crippen molar-refractivity contribution in [2.45, 2.75) is 238 Å². The summed E-state index contributed by atoms with van der Waals surface area (Å²) in [6.07, 6.45) is -9.67. The van der Waals surface area contributed by atoms with E-state index in [9.17, 15) is 84.6 Å². The van der Waals surface area contributed by atoms with Crippen molar-refractivity contribution in [3.05, 3.63) is 29.8 Å². The van der Waals surface area contributed by atoms with Gasteiger partial charge in [-0.3, -0.25) is 33.6 Å². The van der Waals surface area contributed by atoms with Gasteiger partial charge >= 0.3 is 0 Å². The maximum Gasteiger partial charge on any atom is 0.242 e. The Balaban J connectivity index is 1.35. The molecule has 0 spiro atoms. The zero-order chi connectivity index (χ0) is 69.3. The second kappa shape index (κ2) is 43.7. The molecule has 19 atom stereocenters. The quantitative estimate of drug-likeness (QED) is 0.0270. The van der Waals surface area contributed by atoms with Crippen LogP contribution in [-0.4, -0.2) is 268 Å². The number of benzene rings is 1. The van der Waals surface area contributed by atoms with Crippen LogP contribution < -0.4 is 60.6 Å². The molecule has 1 aromatic rings. The van der Waals surface area contributed by atoms with Crippen LogP contribution in [0.5, 0.6) is 5.75 Å². The highest BCUT2D eigenvalue weighted by molar-refractivity contribution is 5.92. The molecule has 3 aliphatic heterocycles. The number of rotatable bonds is 45. The Morgan fingerprint density at radius 2 is 0.766 bits per heavy atom. The van der Waals surface area contributed by atoms with E-state index in [-0.39, 0.29) is 77.3 Å². The number of nitrogens with one attached hydrogen (secondary N) is 6. The van der Waals surface area contributed by atoms with Gasteiger partial charge in [0, 0.05) is 58.7 Å². The van der Waals surface area contributed by atoms with Crippen LogP contribution in [0.25, 0.3) is 0 Å². The van der Waals surface area contributed by atoms with E-state index in [1.807, 2.05) is 0 Å². The van der Waals surface area contributed by atoms with E-state index in [1.165, 1.54) is 12.1 Å². The largest absolute Gasteiger partial charge is 0.508 e. The predicted molar refractivity (Wildman–Crippen MR) is 332 cm³/mol. The Labute approximate surface area is 546 Å². The molecule has 3 saturated heterocycles. The third kappa shape index (κ3) is 27.9. The summed E-state index contributed by atoms with van der Waals surface area (Å²) >= 11 is 0. The number of unbranched alkanes of at least 4 members (excludes halogenated alkanes) is 9. The van der Waals surface area contributed by atoms with Crippen molar-refractivity contribution in [2.24, 2.45) is 28.7 Å². The predicted octanol–water partition coefficient (Wildman–Crippen LogP) is -7.08. The topological polar surface area (TPSA) is 579 Å². The SMILES string of the molecule is NC(=O)CCC(NC(=O)CCC(NC(=O)CCC(NC(=O)C(N)Cc1ccc(O)cc1)C(=O)NCCCCCCOC1OC(CO)C(O)C(O)C1N)C(=O)NCCCCCCOC1OC(CO)C(O)C(O)C1N)C(=O)NCCCCCCOC1OC(CO)C(O)C(O)C1N. The number of phenols is 1. The first-order valence-corrected chi connectivity index (χ1v) is 32.4. The first-order valence-electron chi connectivity index (χ1n) is 32.4. The number of primary amides is 1. The standard InChI is InChI=1S/C60H105N11O23/c61-35(29-33-13-15-34(75)16-14-33)54(85)71-38(57(88)68-25-9-3-6-12-28-91-60-47(65)53(84)50(81)41(32-74)94-60)19-22-44(78)70-37(56(87)67-24-8-2-5-11-27-90-59-46(64)52(83)49(80)40(31-73)93-59)18-21-43(77)69-36(17-20-42(62)76)55(86)66-23-7-1-4-10-26-89-58-45(63)51(82)48(79)39(30-72)92-58/h13-16,35-41,45-53,58-60,72-75,79-84H,1-12,17-32,61,63-65H2,(H2,62,76)(H,66,86)(H,67,87)(H,68,88)(H,69,77)(H,70,78)(H,71,85). The van der Waals surface area contributed by atoms with Crippen molar-refractivity contribution in [1.29, 1.82) is 0 Å². The molecular formula is C60H105N11O23. The van der Waals surface area contributed by atoms with Gasteiger partial charge in [0.2, 0.25) is 41.4 Å². The van der Waals surface area contributed by atoms with Gasteiger partial charge in [0.05, 0.1) is 44.0 Å². The molecule has 538 valence electrons. The molecule has 0 aliphatic carbocycles. The zero-order valence-corrected chi connectivity index (χ0v) is 53.2. The summed E-state index contributed by atoms with van der Waals surface area (Å²) in [5, 5.41) is 115. The van der Waals surface area contributed by atoms with Gasteiger partial charge in [0.15, 0.2) is 18.9 Å². The normalized spacial score (nSPS) is 27.4. The molecule has 34 heteroatoms. The number of aliphatic hydroxyl groups excluding tert-OH is 9. The molecule has 3 fully saturated rings. The number of nitrogens with two attached hydrogens (primary N) is 5. The highest BCUT2D eigenvalue weighted by Crippen LogP contribution is 2.24. The van der Waals surface area contributed by atoms with Crippen LogP contribution in [0.2, 0.25) is 0 Å². The molecule has 3 aliphatic rings. The summed E-state index contributed by atoms with van der Waals surface area (Å²) in [6.45, 7) is -0.654. The van der Waals surface area contributed by atoms with E-state index in [0.717, 1.165) is 0 Å². The molecule has 34 nitrogen and oxygen atoms in total. The Morgan fingerprint density at radius 1 is 0.447 bits per heavy atom. The van der Waals surface area contributed by atoms with Crippen molar-refractivity contribution in [2.75, 3.05) is 59.3 Å². The lowest BCUT2D eigenvalue weighted by Crippen LogP contribution is -2.62. The lowest BCUT2D eigenvalue weighted by molar-refractivity contribution is -0.265. The first kappa shape index (κ1) is 81.0. The molecule has 4 rings (SSSR count). The third-order valence-electron chi connectivity index (χ3n) is 16.4. The van der Waals surface area contributed by atoms with Gasteiger partial charge in [-0.2, -0.15) is 0 Å². The number of carbonyl (C=O) groups excluding carboxylic acids is 7. The number of amides is 7. The summed E-state index contributed by atoms with van der Waals surface area (Å²) < 4.78 is 33.4. The Hall–Kier alpha value is -5.45. The van der Waals surface area contributed by atoms with Crippen LogP contribution in [0.15, 0.2) is 24.3 Å². The summed E-state index contributed by atoms with van der Waals surface area (Å²) in [5.41, 5.74) is 30.1. The minimum atomic E-state index is -1.39. The van der Waals surface area contributed by atoms with E-state index in [2.05, 4.69) is 31.9 Å². The number of phenolic OH excluding ortho intramolecular Hbond substituents is 1. The molecule has 0 saturated carbocycles. The minimum Gasteiger partial charge on any atom is -0.508 e. The number of carbonyl (C=O) groups is 7. The van der Waals surface area contributed by atoms with E-state index in [1.54, 1.807) is 12.1 Å². The van der Waals surface area contributed by atoms with E-state index in [4.69, 9.17) is 57.1 Å². The molecule has 1 aromatic carbocycles. The molecule has 94 heavy (non-hydrogen) atoms. The average molecular weight is 1350 g/mol. The maximum absolute atomic E-state index is 13.9. The van der Waals surface area contributed by atoms with Gasteiger partial charge < -0.3 is 140 Å². The fraction of sp³-hybridized carbons (Fsp3) is 0.783. The molecule has 7 amide bonds. The molecule has 26 N–H and O–H groups in total. The fourth-order valence-electron chi connectivity index (χ4n) is 10.5. The molecule has 0 aromatic heterocycles. The van der Waals surface area contributed by atoms with Crippen molar-refractivity contribution in [3.8, 4) is 5.75 Å². The molecule has 0 bridgehead atoms. The Morgan fingerprint density at radius 3 is 1.10 bits per heavy atom. The van der Waals surface area contributed by atoms with Crippen LogP contribution in [-0.2, 0) is 68.4 Å². The number of ether oxygens (including phenoxy) is 6. The van der Waals surface area contributed by atoms with Gasteiger partial charge in [-0.1, -0.05) is 50.7 Å². The van der Waals surface area contributed by atoms with Crippen molar-refractivity contribution >= 4 is 41.4 Å². The molecule has 19 unspecified atom stereocenters.